The number of aromatic nitrogens is 1. The molecule has 6 rings (SSSR count). The van der Waals surface area contributed by atoms with Crippen molar-refractivity contribution in [2.24, 2.45) is 4.99 Å². The summed E-state index contributed by atoms with van der Waals surface area (Å²) < 4.78 is 19.8. The second kappa shape index (κ2) is 11.1. The number of thiazole rings is 1. The van der Waals surface area contributed by atoms with Gasteiger partial charge in [0.15, 0.2) is 16.3 Å². The maximum Gasteiger partial charge on any atom is 0.308 e. The summed E-state index contributed by atoms with van der Waals surface area (Å²) in [6, 6.07) is 19.4. The summed E-state index contributed by atoms with van der Waals surface area (Å²) >= 11 is 4.85. The number of ether oxygens (including phenoxy) is 3. The van der Waals surface area contributed by atoms with Gasteiger partial charge in [-0.15, -0.1) is 0 Å². The van der Waals surface area contributed by atoms with E-state index in [0.29, 0.717) is 31.9 Å². The molecule has 1 aliphatic carbocycles. The smallest absolute Gasteiger partial charge is 0.308 e. The maximum atomic E-state index is 14.1. The summed E-state index contributed by atoms with van der Waals surface area (Å²) in [6.45, 7) is 3.58. The van der Waals surface area contributed by atoms with Crippen LogP contribution in [-0.2, 0) is 11.2 Å². The first kappa shape index (κ1) is 27.2. The molecule has 0 radical (unpaired) electrons. The molecule has 2 heterocycles. The van der Waals surface area contributed by atoms with Crippen LogP contribution in [-0.4, -0.2) is 24.3 Å². The van der Waals surface area contributed by atoms with Crippen LogP contribution in [0.5, 0.6) is 17.2 Å². The van der Waals surface area contributed by atoms with Gasteiger partial charge in [-0.1, -0.05) is 53.8 Å². The van der Waals surface area contributed by atoms with Crippen molar-refractivity contribution in [3.05, 3.63) is 113 Å². The summed E-state index contributed by atoms with van der Waals surface area (Å²) in [4.78, 5) is 31.5. The molecule has 1 aromatic heterocycles. The number of rotatable bonds is 6. The Labute approximate surface area is 249 Å². The Morgan fingerprint density at radius 2 is 1.90 bits per heavy atom. The quantitative estimate of drug-likeness (QED) is 0.210. The number of fused-ring (bicyclic) bond motifs is 3. The fourth-order valence-corrected chi connectivity index (χ4v) is 7.06. The van der Waals surface area contributed by atoms with Gasteiger partial charge in [-0.2, -0.15) is 0 Å². The largest absolute Gasteiger partial charge is 0.496 e. The third kappa shape index (κ3) is 4.93. The molecule has 0 N–H and O–H groups in total. The number of methoxy groups -OCH3 is 1. The van der Waals surface area contributed by atoms with Crippen molar-refractivity contribution in [2.45, 2.75) is 32.7 Å². The van der Waals surface area contributed by atoms with Gasteiger partial charge in [0.05, 0.1) is 34.5 Å². The van der Waals surface area contributed by atoms with Crippen molar-refractivity contribution in [3.63, 3.8) is 0 Å². The van der Waals surface area contributed by atoms with Gasteiger partial charge in [0.2, 0.25) is 0 Å². The molecule has 0 spiro atoms. The standard InChI is InChI=1S/C32H27BrN2O5S/c1-4-39-26-16-19(15-24(33)30(26)40-18(2)36)17-27-31(37)35-29(22-11-7-8-12-25(22)38-3)23-14-13-20-9-5-6-10-21(20)28(23)34-32(35)41-27/h5-12,15-17,29H,4,13-14H2,1-3H3/b27-17-/t29-/m0/s1. The predicted molar refractivity (Wildman–Crippen MR) is 162 cm³/mol. The van der Waals surface area contributed by atoms with Crippen LogP contribution in [0.25, 0.3) is 11.8 Å². The Morgan fingerprint density at radius 1 is 1.12 bits per heavy atom. The van der Waals surface area contributed by atoms with E-state index in [2.05, 4.69) is 34.1 Å². The molecule has 0 bridgehead atoms. The third-order valence-corrected chi connectivity index (χ3v) is 8.75. The van der Waals surface area contributed by atoms with E-state index in [1.807, 2.05) is 43.3 Å². The Hall–Kier alpha value is -3.95. The highest BCUT2D eigenvalue weighted by atomic mass is 79.9. The topological polar surface area (TPSA) is 79.1 Å². The van der Waals surface area contributed by atoms with E-state index in [0.717, 1.165) is 46.6 Å². The number of aryl methyl sites for hydroxylation is 1. The average molecular weight is 632 g/mol. The zero-order chi connectivity index (χ0) is 28.7. The lowest BCUT2D eigenvalue weighted by atomic mass is 9.83. The van der Waals surface area contributed by atoms with Crippen LogP contribution >= 0.6 is 27.3 Å². The van der Waals surface area contributed by atoms with Gasteiger partial charge >= 0.3 is 5.97 Å². The number of benzene rings is 3. The van der Waals surface area contributed by atoms with Crippen LogP contribution < -0.4 is 29.1 Å². The predicted octanol–water partition coefficient (Wildman–Crippen LogP) is 5.41. The van der Waals surface area contributed by atoms with Crippen molar-refractivity contribution >= 4 is 45.0 Å². The molecular formula is C32H27BrN2O5S. The highest BCUT2D eigenvalue weighted by Gasteiger charge is 2.34. The highest BCUT2D eigenvalue weighted by Crippen LogP contribution is 2.43. The minimum atomic E-state index is -0.449. The SMILES string of the molecule is CCOc1cc(/C=c2\sc3n(c2=O)[C@@H](c2ccccc2OC)C2=C(N=3)c3ccccc3CC2)cc(Br)c1OC(C)=O. The minimum Gasteiger partial charge on any atom is -0.496 e. The highest BCUT2D eigenvalue weighted by molar-refractivity contribution is 9.10. The Morgan fingerprint density at radius 3 is 2.68 bits per heavy atom. The zero-order valence-corrected chi connectivity index (χ0v) is 25.2. The van der Waals surface area contributed by atoms with Crippen LogP contribution in [0.1, 0.15) is 48.6 Å². The van der Waals surface area contributed by atoms with Gasteiger partial charge in [0.1, 0.15) is 5.75 Å². The zero-order valence-electron chi connectivity index (χ0n) is 22.8. The van der Waals surface area contributed by atoms with Crippen LogP contribution in [0, 0.1) is 0 Å². The first-order valence-electron chi connectivity index (χ1n) is 13.3. The van der Waals surface area contributed by atoms with Gasteiger partial charge in [0.25, 0.3) is 5.56 Å². The molecule has 0 fully saturated rings. The Kier molecular flexibility index (Phi) is 7.40. The number of para-hydroxylation sites is 1. The summed E-state index contributed by atoms with van der Waals surface area (Å²) in [5.74, 6) is 0.996. The number of carbonyl (C=O) groups is 1. The molecule has 4 aromatic rings. The molecule has 0 unspecified atom stereocenters. The molecule has 1 atom stereocenters. The van der Waals surface area contributed by atoms with Gasteiger partial charge in [0, 0.05) is 18.1 Å². The second-order valence-corrected chi connectivity index (χ2v) is 11.6. The first-order valence-corrected chi connectivity index (χ1v) is 14.9. The summed E-state index contributed by atoms with van der Waals surface area (Å²) in [5, 5.41) is 0. The van der Waals surface area contributed by atoms with Crippen LogP contribution in [0.3, 0.4) is 0 Å². The third-order valence-electron chi connectivity index (χ3n) is 7.18. The maximum absolute atomic E-state index is 14.1. The van der Waals surface area contributed by atoms with Crippen LogP contribution in [0.4, 0.5) is 0 Å². The summed E-state index contributed by atoms with van der Waals surface area (Å²) in [6.07, 6.45) is 3.50. The van der Waals surface area contributed by atoms with Gasteiger partial charge in [-0.05, 0) is 76.7 Å². The summed E-state index contributed by atoms with van der Waals surface area (Å²) in [5.41, 5.74) is 5.93. The number of nitrogens with zero attached hydrogens (tertiary/aromatic N) is 2. The molecule has 41 heavy (non-hydrogen) atoms. The molecular weight excluding hydrogens is 604 g/mol. The second-order valence-electron chi connectivity index (χ2n) is 9.71. The normalized spacial score (nSPS) is 15.9. The molecule has 0 saturated heterocycles. The lowest BCUT2D eigenvalue weighted by Gasteiger charge is -2.31. The molecule has 0 saturated carbocycles. The van der Waals surface area contributed by atoms with Crippen molar-refractivity contribution in [1.29, 1.82) is 0 Å². The van der Waals surface area contributed by atoms with E-state index in [4.69, 9.17) is 19.2 Å². The number of hydrogen-bond donors (Lipinski definition) is 0. The number of halogens is 1. The van der Waals surface area contributed by atoms with E-state index in [1.165, 1.54) is 23.8 Å². The monoisotopic (exact) mass is 630 g/mol. The molecule has 7 nitrogen and oxygen atoms in total. The van der Waals surface area contributed by atoms with Crippen molar-refractivity contribution in [3.8, 4) is 17.2 Å². The van der Waals surface area contributed by atoms with Crippen LogP contribution in [0.2, 0.25) is 0 Å². The number of allylic oxidation sites excluding steroid dienone is 1. The molecule has 0 amide bonds. The fourth-order valence-electron chi connectivity index (χ4n) is 5.52. The molecule has 2 aliphatic rings. The lowest BCUT2D eigenvalue weighted by Crippen LogP contribution is -2.39. The van der Waals surface area contributed by atoms with E-state index in [-0.39, 0.29) is 11.6 Å². The number of esters is 1. The van der Waals surface area contributed by atoms with E-state index in [1.54, 1.807) is 23.8 Å². The average Bonchev–Trinajstić information content (AvgIpc) is 3.27. The van der Waals surface area contributed by atoms with Gasteiger partial charge in [-0.3, -0.25) is 14.2 Å². The van der Waals surface area contributed by atoms with E-state index in [9.17, 15) is 9.59 Å². The Balaban J connectivity index is 1.58. The van der Waals surface area contributed by atoms with Gasteiger partial charge < -0.3 is 14.2 Å². The molecule has 1 aliphatic heterocycles. The fraction of sp³-hybridized carbons (Fsp3) is 0.219. The van der Waals surface area contributed by atoms with Crippen molar-refractivity contribution in [1.82, 2.24) is 4.57 Å². The number of carbonyl (C=O) groups excluding carboxylic acids is 1. The molecule has 3 aromatic carbocycles. The first-order chi connectivity index (χ1) is 19.9. The van der Waals surface area contributed by atoms with Gasteiger partial charge in [-0.25, -0.2) is 4.99 Å². The minimum absolute atomic E-state index is 0.131. The Bertz CT molecular complexity index is 1910. The van der Waals surface area contributed by atoms with E-state index < -0.39 is 5.97 Å². The summed E-state index contributed by atoms with van der Waals surface area (Å²) in [7, 11) is 1.65. The van der Waals surface area contributed by atoms with Crippen molar-refractivity contribution in [2.75, 3.05) is 13.7 Å². The molecule has 9 heteroatoms. The lowest BCUT2D eigenvalue weighted by molar-refractivity contribution is -0.132. The van der Waals surface area contributed by atoms with E-state index >= 15 is 0 Å². The molecule has 208 valence electrons. The van der Waals surface area contributed by atoms with Crippen molar-refractivity contribution < 1.29 is 19.0 Å². The number of hydrogen-bond acceptors (Lipinski definition) is 7. The van der Waals surface area contributed by atoms with Crippen LogP contribution in [0.15, 0.2) is 80.5 Å².